The van der Waals surface area contributed by atoms with Gasteiger partial charge >= 0.3 is 10.1 Å². The van der Waals surface area contributed by atoms with Crippen LogP contribution in [0.2, 0.25) is 0 Å². The van der Waals surface area contributed by atoms with Crippen molar-refractivity contribution in [2.24, 2.45) is 5.16 Å². The molecule has 106 valence electrons. The van der Waals surface area contributed by atoms with Crippen molar-refractivity contribution in [3.05, 3.63) is 65.7 Å². The largest absolute Gasteiger partial charge is 0.358 e. The quantitative estimate of drug-likeness (QED) is 0.642. The number of benzene rings is 2. The predicted octanol–water partition coefficient (Wildman–Crippen LogP) is 2.69. The van der Waals surface area contributed by atoms with Crippen molar-refractivity contribution in [1.82, 2.24) is 0 Å². The summed E-state index contributed by atoms with van der Waals surface area (Å²) in [6, 6.07) is 16.4. The van der Waals surface area contributed by atoms with E-state index in [1.165, 1.54) is 12.1 Å². The summed E-state index contributed by atoms with van der Waals surface area (Å²) in [5, 5.41) is 12.5. The van der Waals surface area contributed by atoms with Crippen LogP contribution in [0.3, 0.4) is 0 Å². The topological polar surface area (TPSA) is 79.5 Å². The van der Waals surface area contributed by atoms with Gasteiger partial charge in [0.15, 0.2) is 0 Å². The molecule has 2 aromatic carbocycles. The van der Waals surface area contributed by atoms with Gasteiger partial charge in [-0.15, -0.1) is 0 Å². The van der Waals surface area contributed by atoms with Gasteiger partial charge in [-0.2, -0.15) is 13.7 Å². The van der Waals surface area contributed by atoms with E-state index in [9.17, 15) is 8.42 Å². The number of nitrogens with zero attached hydrogens (tertiary/aromatic N) is 2. The van der Waals surface area contributed by atoms with Gasteiger partial charge in [-0.05, 0) is 31.2 Å². The van der Waals surface area contributed by atoms with E-state index >= 15 is 0 Å². The molecular formula is C15H12N2O3S. The fraction of sp³-hybridized carbons (Fsp3) is 0.0667. The van der Waals surface area contributed by atoms with Crippen LogP contribution in [0.25, 0.3) is 0 Å². The van der Waals surface area contributed by atoms with Crippen molar-refractivity contribution < 1.29 is 12.7 Å². The van der Waals surface area contributed by atoms with Gasteiger partial charge in [-0.3, -0.25) is 4.28 Å². The van der Waals surface area contributed by atoms with Gasteiger partial charge in [0.05, 0.1) is 17.3 Å². The first-order valence-electron chi connectivity index (χ1n) is 6.07. The molecule has 0 spiro atoms. The molecule has 0 aliphatic heterocycles. The van der Waals surface area contributed by atoms with Crippen LogP contribution in [0.4, 0.5) is 0 Å². The van der Waals surface area contributed by atoms with Gasteiger partial charge in [-0.1, -0.05) is 35.5 Å². The molecule has 0 aliphatic rings. The van der Waals surface area contributed by atoms with E-state index in [2.05, 4.69) is 9.44 Å². The Bertz CT molecular complexity index is 806. The average molecular weight is 300 g/mol. The van der Waals surface area contributed by atoms with E-state index in [1.807, 2.05) is 6.07 Å². The molecule has 0 aliphatic carbocycles. The maximum atomic E-state index is 11.9. The van der Waals surface area contributed by atoms with Crippen molar-refractivity contribution in [3.8, 4) is 6.07 Å². The Hall–Kier alpha value is -2.65. The summed E-state index contributed by atoms with van der Waals surface area (Å²) in [7, 11) is -3.93. The van der Waals surface area contributed by atoms with Crippen LogP contribution in [0.15, 0.2) is 64.6 Å². The summed E-state index contributed by atoms with van der Waals surface area (Å²) >= 11 is 0. The maximum absolute atomic E-state index is 11.9. The first-order valence-corrected chi connectivity index (χ1v) is 7.47. The Kier molecular flexibility index (Phi) is 4.36. The third-order valence-corrected chi connectivity index (χ3v) is 3.83. The predicted molar refractivity (Wildman–Crippen MR) is 78.1 cm³/mol. The third-order valence-electron chi connectivity index (χ3n) is 2.71. The molecule has 0 atom stereocenters. The minimum absolute atomic E-state index is 0.0346. The lowest BCUT2D eigenvalue weighted by molar-refractivity contribution is 0.339. The Balaban J connectivity index is 2.23. The van der Waals surface area contributed by atoms with Crippen LogP contribution in [-0.4, -0.2) is 14.1 Å². The molecule has 6 heteroatoms. The van der Waals surface area contributed by atoms with Gasteiger partial charge in [0, 0.05) is 5.56 Å². The highest BCUT2D eigenvalue weighted by Gasteiger charge is 2.15. The molecule has 21 heavy (non-hydrogen) atoms. The summed E-state index contributed by atoms with van der Waals surface area (Å²) < 4.78 is 28.5. The summed E-state index contributed by atoms with van der Waals surface area (Å²) in [5.74, 6) is 0. The molecule has 0 heterocycles. The van der Waals surface area contributed by atoms with Crippen LogP contribution >= 0.6 is 0 Å². The van der Waals surface area contributed by atoms with Crippen LogP contribution in [0.1, 0.15) is 18.1 Å². The molecule has 0 N–H and O–H groups in total. The summed E-state index contributed by atoms with van der Waals surface area (Å²) in [4.78, 5) is 0.0346. The summed E-state index contributed by atoms with van der Waals surface area (Å²) in [6.07, 6.45) is 0. The first-order chi connectivity index (χ1) is 10.0. The van der Waals surface area contributed by atoms with Crippen molar-refractivity contribution in [2.75, 3.05) is 0 Å². The van der Waals surface area contributed by atoms with Crippen LogP contribution < -0.4 is 0 Å². The fourth-order valence-corrected chi connectivity index (χ4v) is 2.39. The molecule has 5 nitrogen and oxygen atoms in total. The highest BCUT2D eigenvalue weighted by molar-refractivity contribution is 7.86. The number of hydrogen-bond donors (Lipinski definition) is 0. The molecule has 0 bridgehead atoms. The Morgan fingerprint density at radius 1 is 1.14 bits per heavy atom. The Morgan fingerprint density at radius 3 is 2.52 bits per heavy atom. The number of rotatable bonds is 4. The number of hydrogen-bond acceptors (Lipinski definition) is 5. The standard InChI is InChI=1S/C15H12N2O3S/c1-12(14-7-5-6-13(10-14)11-16)17-20-21(18,19)15-8-3-2-4-9-15/h2-10H,1H3/b17-12+. The van der Waals surface area contributed by atoms with Gasteiger partial charge in [-0.25, -0.2) is 0 Å². The second-order valence-corrected chi connectivity index (χ2v) is 5.74. The van der Waals surface area contributed by atoms with E-state index in [0.29, 0.717) is 16.8 Å². The highest BCUT2D eigenvalue weighted by Crippen LogP contribution is 2.13. The molecule has 0 unspecified atom stereocenters. The Morgan fingerprint density at radius 2 is 1.86 bits per heavy atom. The molecular weight excluding hydrogens is 288 g/mol. The molecule has 0 saturated carbocycles. The minimum atomic E-state index is -3.93. The molecule has 2 rings (SSSR count). The van der Waals surface area contributed by atoms with Crippen LogP contribution in [-0.2, 0) is 14.4 Å². The monoisotopic (exact) mass is 300 g/mol. The number of oxime groups is 1. The van der Waals surface area contributed by atoms with Crippen molar-refractivity contribution in [2.45, 2.75) is 11.8 Å². The van der Waals surface area contributed by atoms with E-state index < -0.39 is 10.1 Å². The zero-order valence-corrected chi connectivity index (χ0v) is 12.0. The summed E-state index contributed by atoms with van der Waals surface area (Å²) in [6.45, 7) is 1.61. The van der Waals surface area contributed by atoms with E-state index in [1.54, 1.807) is 49.4 Å². The van der Waals surface area contributed by atoms with Crippen molar-refractivity contribution in [1.29, 1.82) is 5.26 Å². The Labute approximate surface area is 123 Å². The smallest absolute Gasteiger partial charge is 0.265 e. The molecule has 0 amide bonds. The lowest BCUT2D eigenvalue weighted by Crippen LogP contribution is -2.05. The third kappa shape index (κ3) is 3.68. The van der Waals surface area contributed by atoms with E-state index in [-0.39, 0.29) is 4.90 Å². The zero-order valence-electron chi connectivity index (χ0n) is 11.2. The van der Waals surface area contributed by atoms with E-state index in [4.69, 9.17) is 5.26 Å². The van der Waals surface area contributed by atoms with Crippen LogP contribution in [0, 0.1) is 11.3 Å². The second kappa shape index (κ2) is 6.20. The highest BCUT2D eigenvalue weighted by atomic mass is 32.2. The van der Waals surface area contributed by atoms with Crippen molar-refractivity contribution >= 4 is 15.8 Å². The lowest BCUT2D eigenvalue weighted by Gasteiger charge is -2.03. The molecule has 0 aromatic heterocycles. The maximum Gasteiger partial charge on any atom is 0.358 e. The normalized spacial score (nSPS) is 11.7. The molecule has 0 saturated heterocycles. The SMILES string of the molecule is C/C(=N\OS(=O)(=O)c1ccccc1)c1cccc(C#N)c1. The first kappa shape index (κ1) is 14.8. The molecule has 0 fully saturated rings. The lowest BCUT2D eigenvalue weighted by atomic mass is 10.1. The second-order valence-electron chi connectivity index (χ2n) is 4.21. The molecule has 2 aromatic rings. The average Bonchev–Trinajstić information content (AvgIpc) is 2.53. The number of nitriles is 1. The molecule has 0 radical (unpaired) electrons. The fourth-order valence-electron chi connectivity index (χ4n) is 1.60. The van der Waals surface area contributed by atoms with E-state index in [0.717, 1.165) is 0 Å². The van der Waals surface area contributed by atoms with Gasteiger partial charge in [0.25, 0.3) is 0 Å². The van der Waals surface area contributed by atoms with Gasteiger partial charge < -0.3 is 0 Å². The van der Waals surface area contributed by atoms with Gasteiger partial charge in [0.1, 0.15) is 4.90 Å². The summed E-state index contributed by atoms with van der Waals surface area (Å²) in [5.41, 5.74) is 1.46. The van der Waals surface area contributed by atoms with Crippen molar-refractivity contribution in [3.63, 3.8) is 0 Å². The van der Waals surface area contributed by atoms with Gasteiger partial charge in [0.2, 0.25) is 0 Å². The minimum Gasteiger partial charge on any atom is -0.265 e. The zero-order chi connectivity index (χ0) is 15.3. The van der Waals surface area contributed by atoms with Crippen LogP contribution in [0.5, 0.6) is 0 Å².